The normalized spacial score (nSPS) is 15.4. The van der Waals surface area contributed by atoms with Crippen molar-refractivity contribution in [3.8, 4) is 0 Å². The molecule has 34 heavy (non-hydrogen) atoms. The van der Waals surface area contributed by atoms with Crippen molar-refractivity contribution in [2.75, 3.05) is 13.1 Å². The summed E-state index contributed by atoms with van der Waals surface area (Å²) >= 11 is 0. The lowest BCUT2D eigenvalue weighted by molar-refractivity contribution is 0.167. The van der Waals surface area contributed by atoms with E-state index in [1.54, 1.807) is 4.40 Å². The monoisotopic (exact) mass is 448 g/mol. The molecule has 0 spiro atoms. The molecular weight excluding hydrogens is 420 g/mol. The molecular formula is C29H28N4O. The number of aromatic amines is 1. The number of rotatable bonds is 5. The van der Waals surface area contributed by atoms with E-state index < -0.39 is 0 Å². The standard InChI is InChI=1S/C29H28N4O/c34-29-31-26-14-8-7-13-25(26)28-30-24(20-33(28)29)19-32-17-15-23(16-18-32)27(21-9-3-1-4-10-21)22-11-5-2-6-12-22/h1-14,20,23,27H,15-19H2,(H,31,34). The molecule has 1 aliphatic heterocycles. The Bertz CT molecular complexity index is 1420. The number of H-pyrrole nitrogens is 1. The first-order chi connectivity index (χ1) is 16.8. The van der Waals surface area contributed by atoms with Crippen LogP contribution in [0.5, 0.6) is 0 Å². The van der Waals surface area contributed by atoms with E-state index in [1.807, 2.05) is 30.5 Å². The van der Waals surface area contributed by atoms with Crippen LogP contribution < -0.4 is 5.69 Å². The van der Waals surface area contributed by atoms with Gasteiger partial charge in [-0.1, -0.05) is 72.8 Å². The molecule has 1 fully saturated rings. The van der Waals surface area contributed by atoms with Gasteiger partial charge in [0.2, 0.25) is 0 Å². The second kappa shape index (κ2) is 8.92. The third-order valence-electron chi connectivity index (χ3n) is 7.19. The van der Waals surface area contributed by atoms with Crippen LogP contribution in [0.1, 0.15) is 35.6 Å². The fourth-order valence-corrected chi connectivity index (χ4v) is 5.54. The zero-order valence-electron chi connectivity index (χ0n) is 19.1. The average Bonchev–Trinajstić information content (AvgIpc) is 3.31. The number of piperidine rings is 1. The molecule has 0 aliphatic carbocycles. The molecule has 1 N–H and O–H groups in total. The topological polar surface area (TPSA) is 53.4 Å². The summed E-state index contributed by atoms with van der Waals surface area (Å²) in [5, 5.41) is 0.973. The highest BCUT2D eigenvalue weighted by atomic mass is 16.1. The minimum Gasteiger partial charge on any atom is -0.306 e. The highest BCUT2D eigenvalue weighted by molar-refractivity contribution is 5.90. The maximum atomic E-state index is 12.5. The Hall–Kier alpha value is -3.70. The molecule has 5 nitrogen and oxygen atoms in total. The molecule has 0 radical (unpaired) electrons. The quantitative estimate of drug-likeness (QED) is 0.401. The number of hydrogen-bond donors (Lipinski definition) is 1. The molecule has 3 heterocycles. The highest BCUT2D eigenvalue weighted by Gasteiger charge is 2.29. The molecule has 170 valence electrons. The average molecular weight is 449 g/mol. The lowest BCUT2D eigenvalue weighted by Crippen LogP contribution is -2.35. The van der Waals surface area contributed by atoms with E-state index in [-0.39, 0.29) is 5.69 Å². The van der Waals surface area contributed by atoms with Crippen molar-refractivity contribution in [3.63, 3.8) is 0 Å². The van der Waals surface area contributed by atoms with E-state index in [4.69, 9.17) is 4.98 Å². The molecule has 5 heteroatoms. The lowest BCUT2D eigenvalue weighted by Gasteiger charge is -2.36. The van der Waals surface area contributed by atoms with Crippen molar-refractivity contribution >= 4 is 16.6 Å². The van der Waals surface area contributed by atoms with Crippen LogP contribution in [0.2, 0.25) is 0 Å². The molecule has 1 saturated heterocycles. The number of hydrogen-bond acceptors (Lipinski definition) is 3. The van der Waals surface area contributed by atoms with Gasteiger partial charge in [0.25, 0.3) is 0 Å². The first kappa shape index (κ1) is 20.9. The van der Waals surface area contributed by atoms with Gasteiger partial charge in [0.15, 0.2) is 5.65 Å². The Morgan fingerprint density at radius 3 is 2.15 bits per heavy atom. The number of aromatic nitrogens is 3. The number of nitrogens with one attached hydrogen (secondary N) is 1. The number of nitrogens with zero attached hydrogens (tertiary/aromatic N) is 3. The maximum absolute atomic E-state index is 12.5. The van der Waals surface area contributed by atoms with Crippen molar-refractivity contribution in [2.45, 2.75) is 25.3 Å². The van der Waals surface area contributed by atoms with Gasteiger partial charge < -0.3 is 4.98 Å². The summed E-state index contributed by atoms with van der Waals surface area (Å²) in [5.41, 5.74) is 5.17. The largest absolute Gasteiger partial charge is 0.331 e. The van der Waals surface area contributed by atoms with E-state index in [9.17, 15) is 4.79 Å². The van der Waals surface area contributed by atoms with Crippen molar-refractivity contribution in [2.24, 2.45) is 5.92 Å². The SMILES string of the molecule is O=c1[nH]c2ccccc2c2nc(CN3CCC(C(c4ccccc4)c4ccccc4)CC3)cn12. The van der Waals surface area contributed by atoms with E-state index >= 15 is 0 Å². The van der Waals surface area contributed by atoms with Crippen molar-refractivity contribution in [3.05, 3.63) is 118 Å². The Morgan fingerprint density at radius 1 is 0.853 bits per heavy atom. The zero-order chi connectivity index (χ0) is 22.9. The Kier molecular flexibility index (Phi) is 5.47. The molecule has 0 amide bonds. The number of para-hydroxylation sites is 1. The van der Waals surface area contributed by atoms with Gasteiger partial charge >= 0.3 is 5.69 Å². The van der Waals surface area contributed by atoms with Gasteiger partial charge in [-0.3, -0.25) is 9.30 Å². The summed E-state index contributed by atoms with van der Waals surface area (Å²) in [6.07, 6.45) is 4.18. The fraction of sp³-hybridized carbons (Fsp3) is 0.241. The molecule has 1 aliphatic rings. The summed E-state index contributed by atoms with van der Waals surface area (Å²) in [7, 11) is 0. The van der Waals surface area contributed by atoms with Crippen LogP contribution in [0.4, 0.5) is 0 Å². The molecule has 2 aromatic heterocycles. The highest BCUT2D eigenvalue weighted by Crippen LogP contribution is 2.38. The van der Waals surface area contributed by atoms with Gasteiger partial charge in [0.05, 0.1) is 11.2 Å². The number of likely N-dealkylation sites (tertiary alicyclic amines) is 1. The number of benzene rings is 3. The predicted molar refractivity (Wildman–Crippen MR) is 136 cm³/mol. The van der Waals surface area contributed by atoms with Crippen molar-refractivity contribution < 1.29 is 0 Å². The molecule has 0 saturated carbocycles. The third-order valence-corrected chi connectivity index (χ3v) is 7.19. The van der Waals surface area contributed by atoms with Gasteiger partial charge in [-0.15, -0.1) is 0 Å². The molecule has 0 bridgehead atoms. The summed E-state index contributed by atoms with van der Waals surface area (Å²) in [6.45, 7) is 2.83. The van der Waals surface area contributed by atoms with Gasteiger partial charge in [-0.25, -0.2) is 9.78 Å². The summed E-state index contributed by atoms with van der Waals surface area (Å²) in [4.78, 5) is 22.8. The smallest absolute Gasteiger partial charge is 0.306 e. The van der Waals surface area contributed by atoms with Crippen LogP contribution in [0.15, 0.2) is 95.9 Å². The minimum absolute atomic E-state index is 0.139. The Balaban J connectivity index is 1.21. The fourth-order valence-electron chi connectivity index (χ4n) is 5.54. The second-order valence-electron chi connectivity index (χ2n) is 9.31. The van der Waals surface area contributed by atoms with Gasteiger partial charge in [0, 0.05) is 24.0 Å². The Morgan fingerprint density at radius 2 is 1.47 bits per heavy atom. The van der Waals surface area contributed by atoms with Gasteiger partial charge in [-0.05, 0) is 55.1 Å². The van der Waals surface area contributed by atoms with Crippen molar-refractivity contribution in [1.29, 1.82) is 0 Å². The van der Waals surface area contributed by atoms with Crippen LogP contribution in [0.25, 0.3) is 16.6 Å². The predicted octanol–water partition coefficient (Wildman–Crippen LogP) is 5.22. The first-order valence-corrected chi connectivity index (χ1v) is 12.1. The van der Waals surface area contributed by atoms with E-state index in [1.165, 1.54) is 11.1 Å². The second-order valence-corrected chi connectivity index (χ2v) is 9.31. The molecule has 5 aromatic rings. The van der Waals surface area contributed by atoms with Crippen LogP contribution in [0.3, 0.4) is 0 Å². The third kappa shape index (κ3) is 3.93. The zero-order valence-corrected chi connectivity index (χ0v) is 19.1. The molecule has 0 unspecified atom stereocenters. The van der Waals surface area contributed by atoms with Crippen molar-refractivity contribution in [1.82, 2.24) is 19.3 Å². The summed E-state index contributed by atoms with van der Waals surface area (Å²) < 4.78 is 1.64. The summed E-state index contributed by atoms with van der Waals surface area (Å²) in [5.74, 6) is 1.03. The van der Waals surface area contributed by atoms with E-state index in [0.29, 0.717) is 11.8 Å². The van der Waals surface area contributed by atoms with E-state index in [0.717, 1.165) is 54.7 Å². The van der Waals surface area contributed by atoms with Crippen LogP contribution in [-0.4, -0.2) is 32.4 Å². The van der Waals surface area contributed by atoms with Gasteiger partial charge in [0.1, 0.15) is 0 Å². The van der Waals surface area contributed by atoms with Crippen LogP contribution in [-0.2, 0) is 6.54 Å². The Labute approximate surface area is 198 Å². The van der Waals surface area contributed by atoms with Crippen LogP contribution in [0, 0.1) is 5.92 Å². The number of fused-ring (bicyclic) bond motifs is 3. The van der Waals surface area contributed by atoms with E-state index in [2.05, 4.69) is 70.5 Å². The maximum Gasteiger partial charge on any atom is 0.331 e. The summed E-state index contributed by atoms with van der Waals surface area (Å²) in [6, 6.07) is 29.7. The number of imidazole rings is 1. The lowest BCUT2D eigenvalue weighted by atomic mass is 9.76. The molecule has 0 atom stereocenters. The van der Waals surface area contributed by atoms with Gasteiger partial charge in [-0.2, -0.15) is 0 Å². The minimum atomic E-state index is -0.139. The van der Waals surface area contributed by atoms with Crippen LogP contribution >= 0.6 is 0 Å². The molecule has 6 rings (SSSR count). The molecule has 3 aromatic carbocycles. The first-order valence-electron chi connectivity index (χ1n) is 12.1.